The van der Waals surface area contributed by atoms with E-state index < -0.39 is 12.0 Å². The number of hydrogen-bond donors (Lipinski definition) is 1. The van der Waals surface area contributed by atoms with Gasteiger partial charge in [0.2, 0.25) is 5.91 Å². The summed E-state index contributed by atoms with van der Waals surface area (Å²) in [5, 5.41) is 4.52. The van der Waals surface area contributed by atoms with E-state index in [2.05, 4.69) is 28.3 Å². The largest absolute Gasteiger partial charge is 0.467 e. The molecule has 0 aliphatic heterocycles. The summed E-state index contributed by atoms with van der Waals surface area (Å²) in [5.41, 5.74) is 0.953. The lowest BCUT2D eigenvalue weighted by Crippen LogP contribution is -2.43. The van der Waals surface area contributed by atoms with Crippen LogP contribution in [0.1, 0.15) is 17.4 Å². The summed E-state index contributed by atoms with van der Waals surface area (Å²) >= 11 is 2.98. The number of amides is 1. The molecule has 3 rings (SSSR count). The molecular weight excluding hydrogens is 394 g/mol. The van der Waals surface area contributed by atoms with E-state index >= 15 is 0 Å². The van der Waals surface area contributed by atoms with Gasteiger partial charge in [0.1, 0.15) is 22.2 Å². The number of methoxy groups -OCH3 is 1. The van der Waals surface area contributed by atoms with Gasteiger partial charge >= 0.3 is 5.97 Å². The summed E-state index contributed by atoms with van der Waals surface area (Å²) in [6.07, 6.45) is 2.84. The van der Waals surface area contributed by atoms with Gasteiger partial charge in [-0.25, -0.2) is 14.8 Å². The zero-order valence-corrected chi connectivity index (χ0v) is 17.3. The van der Waals surface area contributed by atoms with Crippen LogP contribution in [0.4, 0.5) is 0 Å². The molecular formula is C20H21N3O3S2. The van der Waals surface area contributed by atoms with E-state index in [1.165, 1.54) is 30.1 Å². The maximum Gasteiger partial charge on any atom is 0.328 e. The van der Waals surface area contributed by atoms with Crippen LogP contribution in [-0.4, -0.2) is 40.7 Å². The van der Waals surface area contributed by atoms with E-state index in [0.717, 1.165) is 27.2 Å². The number of nitrogens with zero attached hydrogens (tertiary/aromatic N) is 2. The van der Waals surface area contributed by atoms with Crippen molar-refractivity contribution in [3.8, 4) is 0 Å². The summed E-state index contributed by atoms with van der Waals surface area (Å²) in [7, 11) is 1.32. The molecule has 2 aromatic heterocycles. The minimum absolute atomic E-state index is 0.158. The van der Waals surface area contributed by atoms with Gasteiger partial charge < -0.3 is 10.1 Å². The lowest BCUT2D eigenvalue weighted by Gasteiger charge is -2.16. The van der Waals surface area contributed by atoms with Crippen molar-refractivity contribution in [3.63, 3.8) is 0 Å². The van der Waals surface area contributed by atoms with Gasteiger partial charge in [0, 0.05) is 16.7 Å². The van der Waals surface area contributed by atoms with Crippen LogP contribution >= 0.6 is 23.1 Å². The number of aryl methyl sites for hydroxylation is 1. The number of nitrogens with one attached hydrogen (secondary N) is 1. The van der Waals surface area contributed by atoms with Gasteiger partial charge in [-0.05, 0) is 18.1 Å². The van der Waals surface area contributed by atoms with Crippen LogP contribution in [0.2, 0.25) is 0 Å². The van der Waals surface area contributed by atoms with Crippen LogP contribution < -0.4 is 5.32 Å². The van der Waals surface area contributed by atoms with Gasteiger partial charge in [-0.15, -0.1) is 11.3 Å². The Labute approximate surface area is 171 Å². The molecule has 0 saturated heterocycles. The number of carbonyl (C=O) groups is 2. The molecule has 1 N–H and O–H groups in total. The molecule has 0 aliphatic rings. The van der Waals surface area contributed by atoms with Crippen LogP contribution in [0, 0.1) is 0 Å². The number of hydrogen-bond acceptors (Lipinski definition) is 7. The van der Waals surface area contributed by atoms with Crippen LogP contribution in [0.5, 0.6) is 0 Å². The van der Waals surface area contributed by atoms with E-state index in [1.807, 2.05) is 30.3 Å². The average Bonchev–Trinajstić information content (AvgIpc) is 3.16. The number of fused-ring (bicyclic) bond motifs is 1. The predicted molar refractivity (Wildman–Crippen MR) is 112 cm³/mol. The van der Waals surface area contributed by atoms with Crippen LogP contribution in [0.25, 0.3) is 10.2 Å². The van der Waals surface area contributed by atoms with Crippen molar-refractivity contribution in [2.24, 2.45) is 0 Å². The van der Waals surface area contributed by atoms with Gasteiger partial charge in [0.25, 0.3) is 0 Å². The Morgan fingerprint density at radius 3 is 2.75 bits per heavy atom. The predicted octanol–water partition coefficient (Wildman–Crippen LogP) is 3.25. The van der Waals surface area contributed by atoms with Gasteiger partial charge in [-0.3, -0.25) is 4.79 Å². The van der Waals surface area contributed by atoms with E-state index in [-0.39, 0.29) is 11.7 Å². The maximum atomic E-state index is 12.5. The highest BCUT2D eigenvalue weighted by atomic mass is 32.2. The fourth-order valence-corrected chi connectivity index (χ4v) is 4.51. The number of aromatic nitrogens is 2. The van der Waals surface area contributed by atoms with Crippen molar-refractivity contribution in [1.29, 1.82) is 0 Å². The van der Waals surface area contributed by atoms with Crippen molar-refractivity contribution in [1.82, 2.24) is 15.3 Å². The fraction of sp³-hybridized carbons (Fsp3) is 0.300. The molecule has 0 bridgehead atoms. The van der Waals surface area contributed by atoms with Crippen LogP contribution in [-0.2, 0) is 27.2 Å². The van der Waals surface area contributed by atoms with Gasteiger partial charge in [0.15, 0.2) is 0 Å². The third kappa shape index (κ3) is 5.08. The number of thioether (sulfide) groups is 1. The molecule has 3 aromatic rings. The SMILES string of the molecule is CCc1cc2c(SCC(=O)N[C@@H](Cc3ccccc3)C(=O)OC)ncnc2s1. The summed E-state index contributed by atoms with van der Waals surface area (Å²) in [6.45, 7) is 2.10. The first-order valence-corrected chi connectivity index (χ1v) is 10.7. The number of rotatable bonds is 8. The number of carbonyl (C=O) groups excluding carboxylic acids is 2. The Kier molecular flexibility index (Phi) is 7.00. The molecule has 0 aliphatic carbocycles. The molecule has 0 fully saturated rings. The highest BCUT2D eigenvalue weighted by molar-refractivity contribution is 8.00. The van der Waals surface area contributed by atoms with Crippen molar-refractivity contribution in [2.45, 2.75) is 30.8 Å². The first kappa shape index (κ1) is 20.3. The molecule has 1 amide bonds. The monoisotopic (exact) mass is 415 g/mol. The summed E-state index contributed by atoms with van der Waals surface area (Å²) in [6, 6.07) is 10.9. The topological polar surface area (TPSA) is 81.2 Å². The number of ether oxygens (including phenoxy) is 1. The smallest absolute Gasteiger partial charge is 0.328 e. The van der Waals surface area contributed by atoms with E-state index in [4.69, 9.17) is 4.74 Å². The Balaban J connectivity index is 1.65. The normalized spacial score (nSPS) is 11.9. The molecule has 28 heavy (non-hydrogen) atoms. The first-order chi connectivity index (χ1) is 13.6. The molecule has 0 saturated carbocycles. The standard InChI is InChI=1S/C20H21N3O3S2/c1-3-14-10-15-18(21-12-22-19(15)28-14)27-11-17(24)23-16(20(25)26-2)9-13-7-5-4-6-8-13/h4-8,10,12,16H,3,9,11H2,1-2H3,(H,23,24)/t16-/m0/s1. The third-order valence-electron chi connectivity index (χ3n) is 4.14. The average molecular weight is 416 g/mol. The lowest BCUT2D eigenvalue weighted by atomic mass is 10.1. The number of thiophene rings is 1. The zero-order chi connectivity index (χ0) is 19.9. The number of benzene rings is 1. The minimum Gasteiger partial charge on any atom is -0.467 e. The Bertz CT molecular complexity index is 960. The Morgan fingerprint density at radius 1 is 1.25 bits per heavy atom. The van der Waals surface area contributed by atoms with Crippen LogP contribution in [0.3, 0.4) is 0 Å². The molecule has 2 heterocycles. The van der Waals surface area contributed by atoms with Gasteiger partial charge in [-0.1, -0.05) is 49.0 Å². The van der Waals surface area contributed by atoms with Crippen molar-refractivity contribution < 1.29 is 14.3 Å². The maximum absolute atomic E-state index is 12.5. The lowest BCUT2D eigenvalue weighted by molar-refractivity contribution is -0.144. The first-order valence-electron chi connectivity index (χ1n) is 8.88. The van der Waals surface area contributed by atoms with E-state index in [0.29, 0.717) is 6.42 Å². The molecule has 0 spiro atoms. The second-order valence-electron chi connectivity index (χ2n) is 6.09. The Hall–Kier alpha value is -2.45. The molecule has 0 unspecified atom stereocenters. The van der Waals surface area contributed by atoms with Crippen LogP contribution in [0.15, 0.2) is 47.8 Å². The second-order valence-corrected chi connectivity index (χ2v) is 8.16. The highest BCUT2D eigenvalue weighted by Gasteiger charge is 2.22. The molecule has 1 aromatic carbocycles. The van der Waals surface area contributed by atoms with Crippen molar-refractivity contribution >= 4 is 45.2 Å². The summed E-state index contributed by atoms with van der Waals surface area (Å²) < 4.78 is 4.84. The highest BCUT2D eigenvalue weighted by Crippen LogP contribution is 2.30. The van der Waals surface area contributed by atoms with Crippen molar-refractivity contribution in [2.75, 3.05) is 12.9 Å². The van der Waals surface area contributed by atoms with E-state index in [9.17, 15) is 9.59 Å². The van der Waals surface area contributed by atoms with Gasteiger partial charge in [0.05, 0.1) is 12.9 Å². The molecule has 8 heteroatoms. The molecule has 146 valence electrons. The third-order valence-corrected chi connectivity index (χ3v) is 6.33. The quantitative estimate of drug-likeness (QED) is 0.346. The minimum atomic E-state index is -0.723. The summed E-state index contributed by atoms with van der Waals surface area (Å²) in [5.74, 6) is -0.544. The number of esters is 1. The molecule has 0 radical (unpaired) electrons. The molecule has 1 atom stereocenters. The second kappa shape index (κ2) is 9.66. The fourth-order valence-electron chi connectivity index (χ4n) is 2.73. The van der Waals surface area contributed by atoms with Crippen molar-refractivity contribution in [3.05, 3.63) is 53.2 Å². The molecule has 6 nitrogen and oxygen atoms in total. The Morgan fingerprint density at radius 2 is 2.04 bits per heavy atom. The van der Waals surface area contributed by atoms with E-state index in [1.54, 1.807) is 11.3 Å². The zero-order valence-electron chi connectivity index (χ0n) is 15.7. The van der Waals surface area contributed by atoms with Gasteiger partial charge in [-0.2, -0.15) is 0 Å². The summed E-state index contributed by atoms with van der Waals surface area (Å²) in [4.78, 5) is 35.3.